The first kappa shape index (κ1) is 13.5. The van der Waals surface area contributed by atoms with Gasteiger partial charge < -0.3 is 10.2 Å². The molecule has 2 saturated heterocycles. The average Bonchev–Trinajstić information content (AvgIpc) is 2.79. The Labute approximate surface area is 122 Å². The van der Waals surface area contributed by atoms with Crippen molar-refractivity contribution in [1.29, 1.82) is 0 Å². The maximum absolute atomic E-state index is 11.7. The van der Waals surface area contributed by atoms with E-state index in [2.05, 4.69) is 5.32 Å². The molecule has 0 radical (unpaired) electrons. The topological polar surface area (TPSA) is 66.5 Å². The number of hydrogen-bond donors (Lipinski definition) is 1. The summed E-state index contributed by atoms with van der Waals surface area (Å²) < 4.78 is 23.4. The summed E-state index contributed by atoms with van der Waals surface area (Å²) in [6, 6.07) is 6.78. The molecule has 106 valence electrons. The first-order chi connectivity index (χ1) is 9.37. The average molecular weight is 310 g/mol. The summed E-state index contributed by atoms with van der Waals surface area (Å²) in [6.07, 6.45) is 0. The van der Waals surface area contributed by atoms with Crippen LogP contribution in [0.3, 0.4) is 0 Å². The Balaban J connectivity index is 1.93. The molecule has 20 heavy (non-hydrogen) atoms. The maximum Gasteiger partial charge on any atom is 0.174 e. The van der Waals surface area contributed by atoms with Gasteiger partial charge in [0.15, 0.2) is 20.7 Å². The normalized spacial score (nSPS) is 27.2. The minimum Gasteiger partial charge on any atom is -0.356 e. The molecule has 0 bridgehead atoms. The predicted molar refractivity (Wildman–Crippen MR) is 80.9 cm³/mol. The fourth-order valence-electron chi connectivity index (χ4n) is 2.77. The van der Waals surface area contributed by atoms with E-state index in [0.29, 0.717) is 10.7 Å². The summed E-state index contributed by atoms with van der Waals surface area (Å²) in [5.74, 6) is 0.235. The lowest BCUT2D eigenvalue weighted by Crippen LogP contribution is -2.36. The van der Waals surface area contributed by atoms with Gasteiger partial charge in [0.25, 0.3) is 0 Å². The molecule has 2 fully saturated rings. The third-order valence-corrected chi connectivity index (χ3v) is 5.76. The minimum atomic E-state index is -3.01. The molecule has 1 aromatic rings. The second kappa shape index (κ2) is 4.53. The van der Waals surface area contributed by atoms with Gasteiger partial charge in [0, 0.05) is 11.3 Å². The van der Waals surface area contributed by atoms with Crippen molar-refractivity contribution in [3.63, 3.8) is 0 Å². The Morgan fingerprint density at radius 2 is 1.95 bits per heavy atom. The summed E-state index contributed by atoms with van der Waals surface area (Å²) in [5.41, 5.74) is 1.44. The quantitative estimate of drug-likeness (QED) is 0.642. The first-order valence-electron chi connectivity index (χ1n) is 6.28. The van der Waals surface area contributed by atoms with Crippen LogP contribution in [-0.2, 0) is 9.84 Å². The smallest absolute Gasteiger partial charge is 0.174 e. The summed E-state index contributed by atoms with van der Waals surface area (Å²) in [5, 5.41) is 3.62. The fourth-order valence-corrected chi connectivity index (χ4v) is 5.05. The van der Waals surface area contributed by atoms with E-state index >= 15 is 0 Å². The van der Waals surface area contributed by atoms with E-state index in [9.17, 15) is 13.2 Å². The zero-order valence-corrected chi connectivity index (χ0v) is 12.5. The van der Waals surface area contributed by atoms with Gasteiger partial charge in [0.2, 0.25) is 0 Å². The molecule has 7 heteroatoms. The van der Waals surface area contributed by atoms with E-state index in [0.717, 1.165) is 5.69 Å². The lowest BCUT2D eigenvalue weighted by atomic mass is 10.1. The molecule has 0 saturated carbocycles. The van der Waals surface area contributed by atoms with E-state index in [1.165, 1.54) is 6.92 Å². The highest BCUT2D eigenvalue weighted by atomic mass is 32.2. The molecule has 2 aliphatic heterocycles. The second-order valence-corrected chi connectivity index (χ2v) is 7.71. The number of carbonyl (C=O) groups excluding carboxylic acids is 1. The second-order valence-electron chi connectivity index (χ2n) is 5.17. The van der Waals surface area contributed by atoms with Gasteiger partial charge >= 0.3 is 0 Å². The Morgan fingerprint density at radius 1 is 1.30 bits per heavy atom. The lowest BCUT2D eigenvalue weighted by Gasteiger charge is -2.23. The van der Waals surface area contributed by atoms with Gasteiger partial charge in [-0.2, -0.15) is 0 Å². The van der Waals surface area contributed by atoms with Crippen LogP contribution in [0.5, 0.6) is 0 Å². The van der Waals surface area contributed by atoms with E-state index in [4.69, 9.17) is 12.2 Å². The molecule has 0 aromatic heterocycles. The predicted octanol–water partition coefficient (Wildman–Crippen LogP) is 0.749. The number of carbonyl (C=O) groups is 1. The molecule has 0 amide bonds. The number of benzene rings is 1. The molecule has 3 rings (SSSR count). The van der Waals surface area contributed by atoms with Crippen LogP contribution in [0.25, 0.3) is 0 Å². The van der Waals surface area contributed by atoms with Gasteiger partial charge in [0.1, 0.15) is 0 Å². The van der Waals surface area contributed by atoms with Gasteiger partial charge in [-0.15, -0.1) is 0 Å². The first-order valence-corrected chi connectivity index (χ1v) is 8.51. The number of rotatable bonds is 2. The Kier molecular flexibility index (Phi) is 3.06. The van der Waals surface area contributed by atoms with Crippen LogP contribution in [0.15, 0.2) is 24.3 Å². The van der Waals surface area contributed by atoms with Crippen LogP contribution in [0.2, 0.25) is 0 Å². The molecule has 0 aliphatic carbocycles. The van der Waals surface area contributed by atoms with E-state index < -0.39 is 9.84 Å². The van der Waals surface area contributed by atoms with Crippen molar-refractivity contribution in [3.05, 3.63) is 29.8 Å². The summed E-state index contributed by atoms with van der Waals surface area (Å²) >= 11 is 5.29. The molecule has 2 heterocycles. The van der Waals surface area contributed by atoms with Gasteiger partial charge in [-0.1, -0.05) is 0 Å². The fraction of sp³-hybridized carbons (Fsp3) is 0.385. The third-order valence-electron chi connectivity index (χ3n) is 3.73. The van der Waals surface area contributed by atoms with E-state index in [-0.39, 0.29) is 29.4 Å². The Hall–Kier alpha value is -1.47. The summed E-state index contributed by atoms with van der Waals surface area (Å²) in [4.78, 5) is 13.1. The van der Waals surface area contributed by atoms with Gasteiger partial charge in [-0.05, 0) is 43.4 Å². The number of fused-ring (bicyclic) bond motifs is 1. The van der Waals surface area contributed by atoms with Crippen LogP contribution in [0.4, 0.5) is 5.69 Å². The van der Waals surface area contributed by atoms with Crippen LogP contribution in [0, 0.1) is 0 Å². The number of anilines is 1. The lowest BCUT2D eigenvalue weighted by molar-refractivity contribution is 0.101. The number of nitrogens with zero attached hydrogens (tertiary/aromatic N) is 1. The summed E-state index contributed by atoms with van der Waals surface area (Å²) in [7, 11) is -3.01. The third kappa shape index (κ3) is 2.20. The number of sulfone groups is 1. The Bertz CT molecular complexity index is 682. The van der Waals surface area contributed by atoms with Crippen molar-refractivity contribution >= 4 is 38.6 Å². The minimum absolute atomic E-state index is 0.00000541. The SMILES string of the molecule is CC(=O)c1ccc(N2C(=S)N[C@H]3CS(=O)(=O)C[C@H]32)cc1. The van der Waals surface area contributed by atoms with Crippen molar-refractivity contribution in [2.24, 2.45) is 0 Å². The molecule has 5 nitrogen and oxygen atoms in total. The largest absolute Gasteiger partial charge is 0.356 e. The number of thiocarbonyl (C=S) groups is 1. The van der Waals surface area contributed by atoms with Gasteiger partial charge in [-0.25, -0.2) is 8.42 Å². The van der Waals surface area contributed by atoms with Crippen molar-refractivity contribution in [2.75, 3.05) is 16.4 Å². The van der Waals surface area contributed by atoms with Crippen molar-refractivity contribution in [3.8, 4) is 0 Å². The van der Waals surface area contributed by atoms with Crippen LogP contribution in [0.1, 0.15) is 17.3 Å². The molecule has 2 atom stereocenters. The monoisotopic (exact) mass is 310 g/mol. The van der Waals surface area contributed by atoms with Crippen LogP contribution >= 0.6 is 12.2 Å². The zero-order chi connectivity index (χ0) is 14.5. The van der Waals surface area contributed by atoms with Gasteiger partial charge in [-0.3, -0.25) is 4.79 Å². The van der Waals surface area contributed by atoms with Crippen molar-refractivity contribution < 1.29 is 13.2 Å². The molecular weight excluding hydrogens is 296 g/mol. The van der Waals surface area contributed by atoms with E-state index in [1.54, 1.807) is 24.3 Å². The number of Topliss-reactive ketones (excluding diaryl/α,β-unsaturated/α-hetero) is 1. The van der Waals surface area contributed by atoms with Crippen LogP contribution in [-0.4, -0.2) is 42.9 Å². The number of ketones is 1. The van der Waals surface area contributed by atoms with Crippen molar-refractivity contribution in [2.45, 2.75) is 19.0 Å². The highest BCUT2D eigenvalue weighted by molar-refractivity contribution is 7.91. The van der Waals surface area contributed by atoms with Gasteiger partial charge in [0.05, 0.1) is 23.6 Å². The number of hydrogen-bond acceptors (Lipinski definition) is 4. The van der Waals surface area contributed by atoms with Crippen molar-refractivity contribution in [1.82, 2.24) is 5.32 Å². The molecular formula is C13H14N2O3S2. The maximum atomic E-state index is 11.7. The highest BCUT2D eigenvalue weighted by Crippen LogP contribution is 2.29. The van der Waals surface area contributed by atoms with Crippen LogP contribution < -0.4 is 10.2 Å². The molecule has 2 aliphatic rings. The molecule has 1 aromatic carbocycles. The molecule has 0 spiro atoms. The number of nitrogens with one attached hydrogen (secondary N) is 1. The standard InChI is InChI=1S/C13H14N2O3S2/c1-8(16)9-2-4-10(5-3-9)15-12-7-20(17,18)6-11(12)14-13(15)19/h2-5,11-12H,6-7H2,1H3,(H,14,19)/t11-,12+/m0/s1. The zero-order valence-electron chi connectivity index (χ0n) is 10.9. The summed E-state index contributed by atoms with van der Waals surface area (Å²) in [6.45, 7) is 1.51. The molecule has 1 N–H and O–H groups in total. The van der Waals surface area contributed by atoms with E-state index in [1.807, 2.05) is 4.90 Å². The Morgan fingerprint density at radius 3 is 2.55 bits per heavy atom. The molecule has 0 unspecified atom stereocenters. The highest BCUT2D eigenvalue weighted by Gasteiger charge is 2.47.